The van der Waals surface area contributed by atoms with Gasteiger partial charge in [0.2, 0.25) is 0 Å². The number of carbonyl (C=O) groups is 2. The summed E-state index contributed by atoms with van der Waals surface area (Å²) in [5, 5.41) is 5.66. The molecule has 126 valence electrons. The molecular formula is C18H20BrN3O2. The van der Waals surface area contributed by atoms with Crippen LogP contribution in [0.3, 0.4) is 0 Å². The second-order valence-corrected chi connectivity index (χ2v) is 6.50. The van der Waals surface area contributed by atoms with Crippen molar-refractivity contribution in [2.45, 2.75) is 33.2 Å². The Morgan fingerprint density at radius 2 is 1.96 bits per heavy atom. The number of anilines is 1. The summed E-state index contributed by atoms with van der Waals surface area (Å²) in [6.07, 6.45) is 2.29. The lowest BCUT2D eigenvalue weighted by molar-refractivity contribution is 0.0934. The Kier molecular flexibility index (Phi) is 6.09. The van der Waals surface area contributed by atoms with E-state index in [1.54, 1.807) is 6.07 Å². The minimum atomic E-state index is -0.292. The number of nitrogens with one attached hydrogen (secondary N) is 2. The van der Waals surface area contributed by atoms with Gasteiger partial charge in [-0.25, -0.2) is 0 Å². The van der Waals surface area contributed by atoms with Gasteiger partial charge in [-0.3, -0.25) is 14.6 Å². The van der Waals surface area contributed by atoms with Crippen LogP contribution < -0.4 is 10.6 Å². The number of aromatic nitrogens is 1. The van der Waals surface area contributed by atoms with Gasteiger partial charge in [-0.1, -0.05) is 13.0 Å². The molecule has 24 heavy (non-hydrogen) atoms. The molecule has 0 aliphatic rings. The van der Waals surface area contributed by atoms with Crippen LogP contribution in [-0.2, 0) is 0 Å². The number of amides is 2. The quantitative estimate of drug-likeness (QED) is 0.813. The largest absolute Gasteiger partial charge is 0.348 e. The highest BCUT2D eigenvalue weighted by Crippen LogP contribution is 2.23. The molecule has 2 rings (SSSR count). The summed E-state index contributed by atoms with van der Waals surface area (Å²) in [5.41, 5.74) is 2.37. The summed E-state index contributed by atoms with van der Waals surface area (Å²) in [6, 6.07) is 8.80. The van der Waals surface area contributed by atoms with Crippen molar-refractivity contribution >= 4 is 33.4 Å². The topological polar surface area (TPSA) is 71.1 Å². The summed E-state index contributed by atoms with van der Waals surface area (Å²) >= 11 is 3.43. The normalized spacial score (nSPS) is 11.7. The third kappa shape index (κ3) is 4.64. The number of pyridine rings is 1. The minimum Gasteiger partial charge on any atom is -0.348 e. The summed E-state index contributed by atoms with van der Waals surface area (Å²) in [4.78, 5) is 28.6. The van der Waals surface area contributed by atoms with Crippen LogP contribution in [-0.4, -0.2) is 22.8 Å². The zero-order valence-corrected chi connectivity index (χ0v) is 15.5. The Hall–Kier alpha value is -2.21. The van der Waals surface area contributed by atoms with E-state index in [9.17, 15) is 9.59 Å². The van der Waals surface area contributed by atoms with E-state index in [1.807, 2.05) is 39.0 Å². The van der Waals surface area contributed by atoms with Gasteiger partial charge in [0.25, 0.3) is 11.8 Å². The smallest absolute Gasteiger partial charge is 0.270 e. The van der Waals surface area contributed by atoms with Gasteiger partial charge in [-0.2, -0.15) is 0 Å². The summed E-state index contributed by atoms with van der Waals surface area (Å²) in [6.45, 7) is 5.88. The summed E-state index contributed by atoms with van der Waals surface area (Å²) in [5.74, 6) is -0.574. The first-order valence-corrected chi connectivity index (χ1v) is 8.54. The van der Waals surface area contributed by atoms with E-state index in [4.69, 9.17) is 0 Å². The molecule has 1 heterocycles. The van der Waals surface area contributed by atoms with Crippen LogP contribution in [0, 0.1) is 6.92 Å². The van der Waals surface area contributed by atoms with E-state index in [1.165, 1.54) is 12.3 Å². The first-order chi connectivity index (χ1) is 11.4. The third-order valence-corrected chi connectivity index (χ3v) is 4.27. The highest BCUT2D eigenvalue weighted by atomic mass is 79.9. The molecule has 2 amide bonds. The van der Waals surface area contributed by atoms with Gasteiger partial charge < -0.3 is 10.6 Å². The van der Waals surface area contributed by atoms with Crippen LogP contribution in [0.4, 0.5) is 5.69 Å². The average Bonchev–Trinajstić information content (AvgIpc) is 2.57. The van der Waals surface area contributed by atoms with Crippen LogP contribution in [0.2, 0.25) is 0 Å². The highest BCUT2D eigenvalue weighted by molar-refractivity contribution is 9.10. The molecule has 0 fully saturated rings. The van der Waals surface area contributed by atoms with E-state index in [0.717, 1.165) is 16.5 Å². The van der Waals surface area contributed by atoms with Gasteiger partial charge in [-0.05, 0) is 66.0 Å². The standard InChI is InChI=1S/C18H20BrN3O2/c1-4-12(3)21-18(24)16-10-13(7-8-20-16)17(23)22-15-6-5-11(2)9-14(15)19/h5-10,12H,4H2,1-3H3,(H,21,24)(H,22,23). The molecule has 0 aliphatic heterocycles. The molecular weight excluding hydrogens is 370 g/mol. The average molecular weight is 390 g/mol. The fourth-order valence-electron chi connectivity index (χ4n) is 2.01. The van der Waals surface area contributed by atoms with Crippen LogP contribution in [0.15, 0.2) is 41.0 Å². The first-order valence-electron chi connectivity index (χ1n) is 7.75. The molecule has 0 spiro atoms. The SMILES string of the molecule is CCC(C)NC(=O)c1cc(C(=O)Nc2ccc(C)cc2Br)ccn1. The maximum Gasteiger partial charge on any atom is 0.270 e. The van der Waals surface area contributed by atoms with Gasteiger partial charge in [0, 0.05) is 22.3 Å². The highest BCUT2D eigenvalue weighted by Gasteiger charge is 2.14. The number of aryl methyl sites for hydroxylation is 1. The van der Waals surface area contributed by atoms with Crippen molar-refractivity contribution in [3.63, 3.8) is 0 Å². The van der Waals surface area contributed by atoms with E-state index >= 15 is 0 Å². The maximum atomic E-state index is 12.4. The van der Waals surface area contributed by atoms with E-state index in [0.29, 0.717) is 11.3 Å². The number of benzene rings is 1. The Morgan fingerprint density at radius 1 is 1.21 bits per heavy atom. The van der Waals surface area contributed by atoms with Crippen LogP contribution in [0.25, 0.3) is 0 Å². The van der Waals surface area contributed by atoms with Crippen LogP contribution in [0.5, 0.6) is 0 Å². The van der Waals surface area contributed by atoms with Gasteiger partial charge in [0.1, 0.15) is 5.69 Å². The minimum absolute atomic E-state index is 0.0558. The number of hydrogen-bond acceptors (Lipinski definition) is 3. The lowest BCUT2D eigenvalue weighted by Gasteiger charge is -2.12. The molecule has 1 aromatic carbocycles. The van der Waals surface area contributed by atoms with Crippen molar-refractivity contribution in [2.24, 2.45) is 0 Å². The van der Waals surface area contributed by atoms with E-state index in [-0.39, 0.29) is 23.6 Å². The number of hydrogen-bond donors (Lipinski definition) is 2. The van der Waals surface area contributed by atoms with Crippen molar-refractivity contribution in [2.75, 3.05) is 5.32 Å². The van der Waals surface area contributed by atoms with E-state index < -0.39 is 0 Å². The van der Waals surface area contributed by atoms with Gasteiger partial charge >= 0.3 is 0 Å². The monoisotopic (exact) mass is 389 g/mol. The zero-order chi connectivity index (χ0) is 17.7. The first kappa shape index (κ1) is 18.1. The maximum absolute atomic E-state index is 12.4. The van der Waals surface area contributed by atoms with Crippen molar-refractivity contribution in [1.82, 2.24) is 10.3 Å². The Morgan fingerprint density at radius 3 is 2.62 bits per heavy atom. The molecule has 1 atom stereocenters. The van der Waals surface area contributed by atoms with E-state index in [2.05, 4.69) is 31.5 Å². The second kappa shape index (κ2) is 8.06. The van der Waals surface area contributed by atoms with Crippen LogP contribution >= 0.6 is 15.9 Å². The number of nitrogens with zero attached hydrogens (tertiary/aromatic N) is 1. The second-order valence-electron chi connectivity index (χ2n) is 5.65. The number of rotatable bonds is 5. The number of carbonyl (C=O) groups excluding carboxylic acids is 2. The number of halogens is 1. The predicted octanol–water partition coefficient (Wildman–Crippen LogP) is 3.93. The molecule has 6 heteroatoms. The van der Waals surface area contributed by atoms with Crippen molar-refractivity contribution in [3.8, 4) is 0 Å². The van der Waals surface area contributed by atoms with Gasteiger partial charge in [0.15, 0.2) is 0 Å². The van der Waals surface area contributed by atoms with Crippen molar-refractivity contribution in [1.29, 1.82) is 0 Å². The molecule has 0 radical (unpaired) electrons. The fraction of sp³-hybridized carbons (Fsp3) is 0.278. The molecule has 0 bridgehead atoms. The molecule has 1 unspecified atom stereocenters. The predicted molar refractivity (Wildman–Crippen MR) is 98.3 cm³/mol. The molecule has 0 saturated carbocycles. The van der Waals surface area contributed by atoms with Crippen molar-refractivity contribution in [3.05, 3.63) is 57.8 Å². The fourth-order valence-corrected chi connectivity index (χ4v) is 2.60. The van der Waals surface area contributed by atoms with Gasteiger partial charge in [-0.15, -0.1) is 0 Å². The zero-order valence-electron chi connectivity index (χ0n) is 13.9. The Labute approximate surface area is 150 Å². The molecule has 5 nitrogen and oxygen atoms in total. The molecule has 0 saturated heterocycles. The molecule has 2 N–H and O–H groups in total. The van der Waals surface area contributed by atoms with Gasteiger partial charge in [0.05, 0.1) is 5.69 Å². The molecule has 2 aromatic rings. The molecule has 1 aromatic heterocycles. The summed E-state index contributed by atoms with van der Waals surface area (Å²) in [7, 11) is 0. The molecule has 0 aliphatic carbocycles. The lowest BCUT2D eigenvalue weighted by Crippen LogP contribution is -2.32. The third-order valence-electron chi connectivity index (χ3n) is 3.62. The van der Waals surface area contributed by atoms with Crippen molar-refractivity contribution < 1.29 is 9.59 Å². The van der Waals surface area contributed by atoms with Crippen LogP contribution in [0.1, 0.15) is 46.7 Å². The Bertz CT molecular complexity index is 762. The Balaban J connectivity index is 2.15. The lowest BCUT2D eigenvalue weighted by atomic mass is 10.1. The summed E-state index contributed by atoms with van der Waals surface area (Å²) < 4.78 is 0.805.